The van der Waals surface area contributed by atoms with Crippen LogP contribution in [0.2, 0.25) is 5.02 Å². The molecule has 0 radical (unpaired) electrons. The van der Waals surface area contributed by atoms with Gasteiger partial charge in [0.25, 0.3) is 0 Å². The fourth-order valence-corrected chi connectivity index (χ4v) is 3.12. The van der Waals surface area contributed by atoms with Gasteiger partial charge in [-0.05, 0) is 42.5 Å². The maximum absolute atomic E-state index is 12.1. The molecule has 1 N–H and O–H groups in total. The summed E-state index contributed by atoms with van der Waals surface area (Å²) >= 11 is 11.4. The van der Waals surface area contributed by atoms with E-state index in [1.54, 1.807) is 12.1 Å². The highest BCUT2D eigenvalue weighted by molar-refractivity contribution is 7.89. The first-order chi connectivity index (χ1) is 8.77. The maximum atomic E-state index is 12.1. The van der Waals surface area contributed by atoms with Crippen LogP contribution in [0.4, 0.5) is 0 Å². The number of hydrogen-bond donors (Lipinski definition) is 1. The lowest BCUT2D eigenvalue weighted by atomic mass is 9.88. The molecule has 0 aliphatic carbocycles. The number of rotatable bonds is 7. The molecular weight excluding hydrogens is 305 g/mol. The summed E-state index contributed by atoms with van der Waals surface area (Å²) in [6.45, 7) is 4.42. The van der Waals surface area contributed by atoms with Crippen LogP contribution in [-0.4, -0.2) is 20.8 Å². The number of hydrogen-bond acceptors (Lipinski definition) is 2. The summed E-state index contributed by atoms with van der Waals surface area (Å²) in [5, 5.41) is 0.515. The molecule has 108 valence electrons. The first-order valence-electron chi connectivity index (χ1n) is 6.08. The summed E-state index contributed by atoms with van der Waals surface area (Å²) in [7, 11) is -3.48. The Kier molecular flexibility index (Phi) is 6.12. The number of sulfonamides is 1. The van der Waals surface area contributed by atoms with Gasteiger partial charge in [0.2, 0.25) is 10.0 Å². The molecule has 0 fully saturated rings. The van der Waals surface area contributed by atoms with Crippen molar-refractivity contribution in [2.45, 2.75) is 31.6 Å². The lowest BCUT2D eigenvalue weighted by molar-refractivity contribution is 0.331. The van der Waals surface area contributed by atoms with E-state index in [4.69, 9.17) is 23.2 Å². The molecule has 19 heavy (non-hydrogen) atoms. The van der Waals surface area contributed by atoms with Gasteiger partial charge < -0.3 is 0 Å². The predicted octanol–water partition coefficient (Wildman–Crippen LogP) is 3.66. The third-order valence-electron chi connectivity index (χ3n) is 2.85. The minimum atomic E-state index is -3.48. The van der Waals surface area contributed by atoms with Gasteiger partial charge in [-0.3, -0.25) is 0 Å². The average molecular weight is 324 g/mol. The highest BCUT2D eigenvalue weighted by Gasteiger charge is 2.21. The van der Waals surface area contributed by atoms with Gasteiger partial charge in [0.05, 0.1) is 4.90 Å². The van der Waals surface area contributed by atoms with Crippen LogP contribution in [0.15, 0.2) is 29.2 Å². The molecule has 0 aliphatic heterocycles. The standard InChI is InChI=1S/C13H19Cl2NO2S/c1-13(2,8-3-9-14)10-16-19(17,18)12-6-4-11(15)5-7-12/h4-7,16H,3,8-10H2,1-2H3. The Labute approximate surface area is 125 Å². The third-order valence-corrected chi connectivity index (χ3v) is 4.79. The molecule has 6 heteroatoms. The zero-order valence-corrected chi connectivity index (χ0v) is 13.4. The van der Waals surface area contributed by atoms with Gasteiger partial charge >= 0.3 is 0 Å². The van der Waals surface area contributed by atoms with Gasteiger partial charge in [0, 0.05) is 17.4 Å². The van der Waals surface area contributed by atoms with Crippen molar-refractivity contribution in [1.29, 1.82) is 0 Å². The highest BCUT2D eigenvalue weighted by atomic mass is 35.5. The summed E-state index contributed by atoms with van der Waals surface area (Å²) in [6.07, 6.45) is 1.75. The second-order valence-electron chi connectivity index (χ2n) is 5.24. The Morgan fingerprint density at radius 2 is 1.79 bits per heavy atom. The van der Waals surface area contributed by atoms with E-state index in [-0.39, 0.29) is 10.3 Å². The predicted molar refractivity (Wildman–Crippen MR) is 80.4 cm³/mol. The Balaban J connectivity index is 2.68. The summed E-state index contributed by atoms with van der Waals surface area (Å²) in [4.78, 5) is 0.227. The minimum absolute atomic E-state index is 0.117. The monoisotopic (exact) mass is 323 g/mol. The molecule has 0 saturated carbocycles. The summed E-state index contributed by atoms with van der Waals surface area (Å²) in [6, 6.07) is 6.12. The summed E-state index contributed by atoms with van der Waals surface area (Å²) < 4.78 is 26.8. The van der Waals surface area contributed by atoms with Crippen LogP contribution in [0, 0.1) is 5.41 Å². The van der Waals surface area contributed by atoms with E-state index in [1.807, 2.05) is 13.8 Å². The Morgan fingerprint density at radius 1 is 1.21 bits per heavy atom. The first kappa shape index (κ1) is 16.8. The van der Waals surface area contributed by atoms with Crippen molar-refractivity contribution in [2.24, 2.45) is 5.41 Å². The SMILES string of the molecule is CC(C)(CCCCl)CNS(=O)(=O)c1ccc(Cl)cc1. The van der Waals surface area contributed by atoms with Crippen molar-refractivity contribution in [3.8, 4) is 0 Å². The molecule has 1 aromatic rings. The van der Waals surface area contributed by atoms with Crippen LogP contribution < -0.4 is 4.72 Å². The van der Waals surface area contributed by atoms with E-state index in [0.717, 1.165) is 12.8 Å². The molecule has 0 amide bonds. The molecule has 0 bridgehead atoms. The molecule has 0 atom stereocenters. The van der Waals surface area contributed by atoms with Gasteiger partial charge in [-0.2, -0.15) is 0 Å². The van der Waals surface area contributed by atoms with Crippen molar-refractivity contribution < 1.29 is 8.42 Å². The quantitative estimate of drug-likeness (QED) is 0.778. The molecule has 0 heterocycles. The molecule has 3 nitrogen and oxygen atoms in total. The molecule has 0 aromatic heterocycles. The van der Waals surface area contributed by atoms with Crippen molar-refractivity contribution in [3.05, 3.63) is 29.3 Å². The van der Waals surface area contributed by atoms with Gasteiger partial charge in [-0.1, -0.05) is 25.4 Å². The van der Waals surface area contributed by atoms with Crippen LogP contribution >= 0.6 is 23.2 Å². The minimum Gasteiger partial charge on any atom is -0.211 e. The number of halogens is 2. The van der Waals surface area contributed by atoms with E-state index >= 15 is 0 Å². The second-order valence-corrected chi connectivity index (χ2v) is 7.82. The molecule has 1 rings (SSSR count). The largest absolute Gasteiger partial charge is 0.240 e. The second kappa shape index (κ2) is 6.93. The van der Waals surface area contributed by atoms with Crippen molar-refractivity contribution >= 4 is 33.2 Å². The zero-order chi connectivity index (χ0) is 14.5. The topological polar surface area (TPSA) is 46.2 Å². The first-order valence-corrected chi connectivity index (χ1v) is 8.48. The van der Waals surface area contributed by atoms with Gasteiger partial charge in [-0.15, -0.1) is 11.6 Å². The van der Waals surface area contributed by atoms with Crippen LogP contribution in [0.5, 0.6) is 0 Å². The number of alkyl halides is 1. The molecule has 0 aliphatic rings. The fourth-order valence-electron chi connectivity index (χ4n) is 1.62. The molecule has 0 spiro atoms. The van der Waals surface area contributed by atoms with Gasteiger partial charge in [-0.25, -0.2) is 13.1 Å². The average Bonchev–Trinajstić information content (AvgIpc) is 2.35. The van der Waals surface area contributed by atoms with E-state index in [2.05, 4.69) is 4.72 Å². The molecule has 1 aromatic carbocycles. The van der Waals surface area contributed by atoms with Crippen LogP contribution in [-0.2, 0) is 10.0 Å². The van der Waals surface area contributed by atoms with E-state index in [1.165, 1.54) is 12.1 Å². The van der Waals surface area contributed by atoms with E-state index in [0.29, 0.717) is 17.4 Å². The van der Waals surface area contributed by atoms with Crippen LogP contribution in [0.25, 0.3) is 0 Å². The zero-order valence-electron chi connectivity index (χ0n) is 11.1. The van der Waals surface area contributed by atoms with Crippen molar-refractivity contribution in [3.63, 3.8) is 0 Å². The van der Waals surface area contributed by atoms with E-state index < -0.39 is 10.0 Å². The van der Waals surface area contributed by atoms with Crippen LogP contribution in [0.1, 0.15) is 26.7 Å². The Morgan fingerprint density at radius 3 is 2.32 bits per heavy atom. The van der Waals surface area contributed by atoms with E-state index in [9.17, 15) is 8.42 Å². The molecule has 0 saturated heterocycles. The van der Waals surface area contributed by atoms with Gasteiger partial charge in [0.15, 0.2) is 0 Å². The number of nitrogens with one attached hydrogen (secondary N) is 1. The van der Waals surface area contributed by atoms with Gasteiger partial charge in [0.1, 0.15) is 0 Å². The van der Waals surface area contributed by atoms with Crippen LogP contribution in [0.3, 0.4) is 0 Å². The van der Waals surface area contributed by atoms with Crippen molar-refractivity contribution in [2.75, 3.05) is 12.4 Å². The summed E-state index contributed by atoms with van der Waals surface area (Å²) in [5.41, 5.74) is -0.117. The lowest BCUT2D eigenvalue weighted by Crippen LogP contribution is -2.34. The highest BCUT2D eigenvalue weighted by Crippen LogP contribution is 2.22. The lowest BCUT2D eigenvalue weighted by Gasteiger charge is -2.24. The smallest absolute Gasteiger partial charge is 0.211 e. The Hall–Kier alpha value is -0.290. The molecule has 0 unspecified atom stereocenters. The Bertz CT molecular complexity index is 498. The third kappa shape index (κ3) is 5.69. The maximum Gasteiger partial charge on any atom is 0.240 e. The number of benzene rings is 1. The normalized spacial score (nSPS) is 12.6. The van der Waals surface area contributed by atoms with Crippen molar-refractivity contribution in [1.82, 2.24) is 4.72 Å². The summed E-state index contributed by atoms with van der Waals surface area (Å²) in [5.74, 6) is 0.591. The molecular formula is C13H19Cl2NO2S. The fraction of sp³-hybridized carbons (Fsp3) is 0.538.